The molecular formula is C7H14ClNO. The van der Waals surface area contributed by atoms with Gasteiger partial charge in [-0.15, -0.1) is 0 Å². The third kappa shape index (κ3) is 1.84. The summed E-state index contributed by atoms with van der Waals surface area (Å²) < 4.78 is 0. The molecule has 1 fully saturated rings. The summed E-state index contributed by atoms with van der Waals surface area (Å²) in [5.74, 6) is 0.381. The van der Waals surface area contributed by atoms with E-state index in [1.807, 2.05) is 0 Å². The zero-order valence-corrected chi connectivity index (χ0v) is 6.77. The minimum atomic E-state index is 0.268. The molecular weight excluding hydrogens is 150 g/mol. The first-order valence-corrected chi connectivity index (χ1v) is 4.23. The van der Waals surface area contributed by atoms with Crippen molar-refractivity contribution in [1.82, 2.24) is 4.84 Å². The summed E-state index contributed by atoms with van der Waals surface area (Å²) in [5, 5.41) is 8.89. The monoisotopic (exact) mass is 163 g/mol. The Morgan fingerprint density at radius 3 is 2.60 bits per heavy atom. The van der Waals surface area contributed by atoms with Crippen molar-refractivity contribution in [3.8, 4) is 0 Å². The topological polar surface area (TPSA) is 32.3 Å². The Labute approximate surface area is 66.7 Å². The second-order valence-electron chi connectivity index (χ2n) is 2.94. The number of aliphatic hydroxyl groups excluding tert-OH is 1. The SMILES string of the molecule is OC[C@@H]1CCCC[C@@H]1NCl. The maximum Gasteiger partial charge on any atom is 0.0474 e. The molecule has 0 aromatic rings. The molecule has 2 N–H and O–H groups in total. The van der Waals surface area contributed by atoms with Crippen molar-refractivity contribution in [3.63, 3.8) is 0 Å². The lowest BCUT2D eigenvalue weighted by atomic mass is 9.86. The van der Waals surface area contributed by atoms with Crippen LogP contribution < -0.4 is 4.84 Å². The van der Waals surface area contributed by atoms with Gasteiger partial charge >= 0.3 is 0 Å². The van der Waals surface area contributed by atoms with Crippen molar-refractivity contribution in [2.75, 3.05) is 6.61 Å². The van der Waals surface area contributed by atoms with Gasteiger partial charge in [-0.2, -0.15) is 0 Å². The fourth-order valence-electron chi connectivity index (χ4n) is 1.57. The first-order chi connectivity index (χ1) is 4.88. The van der Waals surface area contributed by atoms with Crippen LogP contribution in [0.3, 0.4) is 0 Å². The number of nitrogens with one attached hydrogen (secondary N) is 1. The van der Waals surface area contributed by atoms with Crippen molar-refractivity contribution < 1.29 is 5.11 Å². The minimum absolute atomic E-state index is 0.268. The van der Waals surface area contributed by atoms with E-state index in [1.54, 1.807) is 0 Å². The Morgan fingerprint density at radius 2 is 2.10 bits per heavy atom. The number of halogens is 1. The number of aliphatic hydroxyl groups is 1. The maximum atomic E-state index is 8.89. The van der Waals surface area contributed by atoms with E-state index in [2.05, 4.69) is 4.84 Å². The molecule has 0 aromatic heterocycles. The third-order valence-electron chi connectivity index (χ3n) is 2.28. The highest BCUT2D eigenvalue weighted by molar-refractivity contribution is 6.13. The highest BCUT2D eigenvalue weighted by Crippen LogP contribution is 2.23. The molecule has 0 unspecified atom stereocenters. The molecule has 0 spiro atoms. The predicted octanol–water partition coefficient (Wildman–Crippen LogP) is 1.28. The normalized spacial score (nSPS) is 34.2. The number of rotatable bonds is 2. The van der Waals surface area contributed by atoms with E-state index < -0.39 is 0 Å². The van der Waals surface area contributed by atoms with Crippen LogP contribution in [0.1, 0.15) is 25.7 Å². The van der Waals surface area contributed by atoms with Crippen LogP contribution in [0, 0.1) is 5.92 Å². The van der Waals surface area contributed by atoms with E-state index >= 15 is 0 Å². The molecule has 2 nitrogen and oxygen atoms in total. The van der Waals surface area contributed by atoms with Crippen LogP contribution in [0.2, 0.25) is 0 Å². The molecule has 1 aliphatic rings. The van der Waals surface area contributed by atoms with Gasteiger partial charge in [0.25, 0.3) is 0 Å². The van der Waals surface area contributed by atoms with Gasteiger partial charge < -0.3 is 5.11 Å². The van der Waals surface area contributed by atoms with Crippen molar-refractivity contribution in [1.29, 1.82) is 0 Å². The smallest absolute Gasteiger partial charge is 0.0474 e. The Hall–Kier alpha value is 0.210. The maximum absolute atomic E-state index is 8.89. The average Bonchev–Trinajstić information content (AvgIpc) is 2.04. The Morgan fingerprint density at radius 1 is 1.40 bits per heavy atom. The van der Waals surface area contributed by atoms with Gasteiger partial charge in [0.2, 0.25) is 0 Å². The van der Waals surface area contributed by atoms with E-state index in [0.29, 0.717) is 12.0 Å². The highest BCUT2D eigenvalue weighted by Gasteiger charge is 2.22. The van der Waals surface area contributed by atoms with E-state index in [1.165, 1.54) is 12.8 Å². The van der Waals surface area contributed by atoms with Crippen LogP contribution in [0.5, 0.6) is 0 Å². The molecule has 0 radical (unpaired) electrons. The summed E-state index contributed by atoms with van der Waals surface area (Å²) in [5.41, 5.74) is 0. The molecule has 60 valence electrons. The zero-order chi connectivity index (χ0) is 7.40. The van der Waals surface area contributed by atoms with Gasteiger partial charge in [-0.3, -0.25) is 0 Å². The average molecular weight is 164 g/mol. The molecule has 0 amide bonds. The largest absolute Gasteiger partial charge is 0.396 e. The molecule has 10 heavy (non-hydrogen) atoms. The van der Waals surface area contributed by atoms with Gasteiger partial charge in [0.1, 0.15) is 0 Å². The quantitative estimate of drug-likeness (QED) is 0.602. The van der Waals surface area contributed by atoms with Crippen molar-refractivity contribution >= 4 is 11.8 Å². The van der Waals surface area contributed by atoms with E-state index in [-0.39, 0.29) is 6.61 Å². The van der Waals surface area contributed by atoms with Gasteiger partial charge in [-0.1, -0.05) is 12.8 Å². The first-order valence-electron chi connectivity index (χ1n) is 3.85. The van der Waals surface area contributed by atoms with Crippen LogP contribution in [-0.2, 0) is 0 Å². The Bertz CT molecular complexity index is 87.6. The van der Waals surface area contributed by atoms with Crippen molar-refractivity contribution in [2.45, 2.75) is 31.7 Å². The zero-order valence-electron chi connectivity index (χ0n) is 6.02. The van der Waals surface area contributed by atoms with Gasteiger partial charge in [0.15, 0.2) is 0 Å². The second-order valence-corrected chi connectivity index (χ2v) is 3.16. The van der Waals surface area contributed by atoms with Crippen molar-refractivity contribution in [3.05, 3.63) is 0 Å². The molecule has 0 saturated heterocycles. The fraction of sp³-hybridized carbons (Fsp3) is 1.00. The molecule has 0 heterocycles. The number of hydrogen-bond donors (Lipinski definition) is 2. The summed E-state index contributed by atoms with van der Waals surface area (Å²) in [6.07, 6.45) is 4.69. The standard InChI is InChI=1S/C7H14ClNO/c8-9-7-4-2-1-3-6(7)5-10/h6-7,9-10H,1-5H2/t6-,7-/m0/s1. The van der Waals surface area contributed by atoms with Gasteiger partial charge in [0, 0.05) is 12.6 Å². The first kappa shape index (κ1) is 8.31. The van der Waals surface area contributed by atoms with Gasteiger partial charge in [-0.05, 0) is 30.5 Å². The van der Waals surface area contributed by atoms with Crippen LogP contribution >= 0.6 is 11.8 Å². The molecule has 0 aromatic carbocycles. The highest BCUT2D eigenvalue weighted by atomic mass is 35.5. The summed E-state index contributed by atoms with van der Waals surface area (Å²) >= 11 is 5.49. The molecule has 0 bridgehead atoms. The lowest BCUT2D eigenvalue weighted by Crippen LogP contribution is -2.35. The molecule has 0 aliphatic heterocycles. The molecule has 2 atom stereocenters. The summed E-state index contributed by atoms with van der Waals surface area (Å²) in [6, 6.07) is 0.334. The van der Waals surface area contributed by atoms with E-state index in [4.69, 9.17) is 16.9 Å². The Kier molecular flexibility index (Phi) is 3.46. The number of hydrogen-bond acceptors (Lipinski definition) is 2. The summed E-state index contributed by atoms with van der Waals surface area (Å²) in [7, 11) is 0. The summed E-state index contributed by atoms with van der Waals surface area (Å²) in [4.78, 5) is 2.72. The lowest BCUT2D eigenvalue weighted by molar-refractivity contribution is 0.164. The molecule has 1 aliphatic carbocycles. The van der Waals surface area contributed by atoms with Crippen LogP contribution in [0.15, 0.2) is 0 Å². The molecule has 3 heteroatoms. The Balaban J connectivity index is 2.34. The summed E-state index contributed by atoms with van der Waals surface area (Å²) in [6.45, 7) is 0.268. The molecule has 1 saturated carbocycles. The lowest BCUT2D eigenvalue weighted by Gasteiger charge is -2.28. The third-order valence-corrected chi connectivity index (χ3v) is 2.56. The second kappa shape index (κ2) is 4.16. The van der Waals surface area contributed by atoms with Crippen LogP contribution in [-0.4, -0.2) is 17.8 Å². The van der Waals surface area contributed by atoms with E-state index in [0.717, 1.165) is 12.8 Å². The van der Waals surface area contributed by atoms with Crippen LogP contribution in [0.25, 0.3) is 0 Å². The van der Waals surface area contributed by atoms with Crippen molar-refractivity contribution in [2.24, 2.45) is 5.92 Å². The minimum Gasteiger partial charge on any atom is -0.396 e. The predicted molar refractivity (Wildman–Crippen MR) is 41.8 cm³/mol. The fourth-order valence-corrected chi connectivity index (χ4v) is 1.86. The van der Waals surface area contributed by atoms with E-state index in [9.17, 15) is 0 Å². The van der Waals surface area contributed by atoms with Gasteiger partial charge in [0.05, 0.1) is 0 Å². The molecule has 1 rings (SSSR count). The van der Waals surface area contributed by atoms with Gasteiger partial charge in [-0.25, -0.2) is 4.84 Å². The van der Waals surface area contributed by atoms with Crippen LogP contribution in [0.4, 0.5) is 0 Å².